The van der Waals surface area contributed by atoms with Crippen LogP contribution in [0.1, 0.15) is 31.0 Å². The summed E-state index contributed by atoms with van der Waals surface area (Å²) in [7, 11) is 3.09. The first-order valence-corrected chi connectivity index (χ1v) is 12.5. The summed E-state index contributed by atoms with van der Waals surface area (Å²) in [6, 6.07) is 11.9. The summed E-state index contributed by atoms with van der Waals surface area (Å²) in [5.41, 5.74) is 1.82. The molecule has 2 heterocycles. The molecule has 0 amide bonds. The Morgan fingerprint density at radius 2 is 1.95 bits per heavy atom. The van der Waals surface area contributed by atoms with E-state index in [1.54, 1.807) is 51.3 Å². The van der Waals surface area contributed by atoms with Crippen molar-refractivity contribution in [2.24, 2.45) is 4.99 Å². The maximum absolute atomic E-state index is 13.9. The van der Waals surface area contributed by atoms with Gasteiger partial charge in [-0.1, -0.05) is 42.2 Å². The maximum Gasteiger partial charge on any atom is 0.338 e. The van der Waals surface area contributed by atoms with E-state index in [4.69, 9.17) is 18.9 Å². The lowest BCUT2D eigenvalue weighted by Gasteiger charge is -2.26. The van der Waals surface area contributed by atoms with Crippen LogP contribution in [0.2, 0.25) is 0 Å². The number of carbonyl (C=O) groups excluding carboxylic acids is 1. The molecule has 1 aliphatic rings. The molecule has 1 aliphatic heterocycles. The van der Waals surface area contributed by atoms with Gasteiger partial charge in [-0.2, -0.15) is 0 Å². The Labute approximate surface area is 218 Å². The normalized spacial score (nSPS) is 15.0. The highest BCUT2D eigenvalue weighted by Crippen LogP contribution is 2.37. The quantitative estimate of drug-likeness (QED) is 0.318. The van der Waals surface area contributed by atoms with Crippen LogP contribution in [0.3, 0.4) is 0 Å². The summed E-state index contributed by atoms with van der Waals surface area (Å²) in [6.45, 7) is 7.69. The smallest absolute Gasteiger partial charge is 0.338 e. The van der Waals surface area contributed by atoms with E-state index in [1.165, 1.54) is 23.0 Å². The highest BCUT2D eigenvalue weighted by molar-refractivity contribution is 7.07. The number of para-hydroxylation sites is 1. The summed E-state index contributed by atoms with van der Waals surface area (Å²) in [6.07, 6.45) is 3.43. The number of allylic oxidation sites excluding steroid dienone is 1. The van der Waals surface area contributed by atoms with Crippen LogP contribution in [0, 0.1) is 0 Å². The summed E-state index contributed by atoms with van der Waals surface area (Å²) >= 11 is 1.24. The molecule has 0 N–H and O–H groups in total. The first kappa shape index (κ1) is 26.0. The average molecular weight is 521 g/mol. The van der Waals surface area contributed by atoms with Gasteiger partial charge < -0.3 is 18.9 Å². The van der Waals surface area contributed by atoms with Gasteiger partial charge in [0.1, 0.15) is 29.9 Å². The Kier molecular flexibility index (Phi) is 7.93. The molecule has 8 nitrogen and oxygen atoms in total. The van der Waals surface area contributed by atoms with Crippen LogP contribution in [-0.4, -0.2) is 38.0 Å². The van der Waals surface area contributed by atoms with Gasteiger partial charge in [0.25, 0.3) is 5.56 Å². The second-order valence-electron chi connectivity index (χ2n) is 8.05. The first-order valence-electron chi connectivity index (χ1n) is 11.7. The lowest BCUT2D eigenvalue weighted by Crippen LogP contribution is -2.40. The highest BCUT2D eigenvalue weighted by Gasteiger charge is 2.35. The Hall–Kier alpha value is -4.11. The minimum absolute atomic E-state index is 0.188. The Morgan fingerprint density at radius 3 is 2.65 bits per heavy atom. The monoisotopic (exact) mass is 520 g/mol. The van der Waals surface area contributed by atoms with Gasteiger partial charge in [-0.3, -0.25) is 9.36 Å². The lowest BCUT2D eigenvalue weighted by atomic mass is 9.95. The van der Waals surface area contributed by atoms with E-state index in [9.17, 15) is 9.59 Å². The van der Waals surface area contributed by atoms with Crippen LogP contribution in [-0.2, 0) is 9.53 Å². The third kappa shape index (κ3) is 5.08. The van der Waals surface area contributed by atoms with Gasteiger partial charge in [-0.05, 0) is 38.1 Å². The molecule has 0 saturated heterocycles. The molecule has 0 aliphatic carbocycles. The maximum atomic E-state index is 13.9. The molecule has 0 radical (unpaired) electrons. The van der Waals surface area contributed by atoms with Crippen LogP contribution in [0.4, 0.5) is 0 Å². The van der Waals surface area contributed by atoms with Crippen LogP contribution < -0.4 is 29.1 Å². The molecule has 37 heavy (non-hydrogen) atoms. The van der Waals surface area contributed by atoms with E-state index in [0.29, 0.717) is 44.4 Å². The van der Waals surface area contributed by atoms with Crippen molar-refractivity contribution < 1.29 is 23.7 Å². The third-order valence-corrected chi connectivity index (χ3v) is 6.80. The summed E-state index contributed by atoms with van der Waals surface area (Å²) in [4.78, 5) is 32.1. The summed E-state index contributed by atoms with van der Waals surface area (Å²) in [5, 5.41) is 0. The molecule has 9 heteroatoms. The van der Waals surface area contributed by atoms with Gasteiger partial charge in [-0.25, -0.2) is 9.79 Å². The van der Waals surface area contributed by atoms with Crippen LogP contribution in [0.5, 0.6) is 17.2 Å². The summed E-state index contributed by atoms with van der Waals surface area (Å²) < 4.78 is 24.1. The van der Waals surface area contributed by atoms with E-state index >= 15 is 0 Å². The molecular formula is C28H28N2O6S. The van der Waals surface area contributed by atoms with Crippen LogP contribution in [0.15, 0.2) is 76.2 Å². The number of hydrogen-bond donors (Lipinski definition) is 0. The second kappa shape index (κ2) is 11.3. The molecular weight excluding hydrogens is 492 g/mol. The number of hydrogen-bond acceptors (Lipinski definition) is 8. The number of carbonyl (C=O) groups is 1. The zero-order valence-electron chi connectivity index (χ0n) is 21.1. The van der Waals surface area contributed by atoms with Crippen molar-refractivity contribution in [3.05, 3.63) is 97.2 Å². The predicted octanol–water partition coefficient (Wildman–Crippen LogP) is 3.38. The SMILES string of the molecule is C=CCOc1ccccc1/C=c1\sc2n(c1=O)[C@H](c1ccc(OC)cc1OC)C(C(=O)OCC)=C(C)N=2. The molecule has 1 atom stereocenters. The van der Waals surface area contributed by atoms with Gasteiger partial charge in [0, 0.05) is 17.2 Å². The number of benzene rings is 2. The Bertz CT molecular complexity index is 1550. The average Bonchev–Trinajstić information content (AvgIpc) is 3.21. The summed E-state index contributed by atoms with van der Waals surface area (Å²) in [5.74, 6) is 1.15. The van der Waals surface area contributed by atoms with Crippen molar-refractivity contribution in [1.82, 2.24) is 4.57 Å². The topological polar surface area (TPSA) is 88.3 Å². The van der Waals surface area contributed by atoms with Gasteiger partial charge in [0.15, 0.2) is 4.80 Å². The fourth-order valence-electron chi connectivity index (χ4n) is 4.15. The number of esters is 1. The zero-order chi connectivity index (χ0) is 26.5. The van der Waals surface area contributed by atoms with Crippen molar-refractivity contribution in [3.8, 4) is 17.2 Å². The Balaban J connectivity index is 1.97. The van der Waals surface area contributed by atoms with E-state index in [2.05, 4.69) is 11.6 Å². The van der Waals surface area contributed by atoms with Crippen LogP contribution in [0.25, 0.3) is 6.08 Å². The van der Waals surface area contributed by atoms with Crippen molar-refractivity contribution in [2.75, 3.05) is 27.4 Å². The fourth-order valence-corrected chi connectivity index (χ4v) is 5.19. The molecule has 0 unspecified atom stereocenters. The molecule has 0 spiro atoms. The number of nitrogens with zero attached hydrogens (tertiary/aromatic N) is 2. The standard InChI is InChI=1S/C28H28N2O6S/c1-6-14-36-21-11-9-8-10-18(21)15-23-26(31)30-25(20-13-12-19(33-4)16-22(20)34-5)24(27(32)35-7-2)17(3)29-28(30)37-23/h6,8-13,15-16,25H,1,7,14H2,2-5H3/b23-15-/t25-/m1/s1. The van der Waals surface area contributed by atoms with Crippen LogP contribution >= 0.6 is 11.3 Å². The molecule has 4 rings (SSSR count). The number of methoxy groups -OCH3 is 2. The number of aromatic nitrogens is 1. The van der Waals surface area contributed by atoms with Crippen molar-refractivity contribution in [2.45, 2.75) is 19.9 Å². The lowest BCUT2D eigenvalue weighted by molar-refractivity contribution is -0.139. The minimum Gasteiger partial charge on any atom is -0.497 e. The predicted molar refractivity (Wildman–Crippen MR) is 142 cm³/mol. The van der Waals surface area contributed by atoms with Crippen molar-refractivity contribution in [3.63, 3.8) is 0 Å². The third-order valence-electron chi connectivity index (χ3n) is 5.81. The Morgan fingerprint density at radius 1 is 1.16 bits per heavy atom. The largest absolute Gasteiger partial charge is 0.497 e. The van der Waals surface area contributed by atoms with E-state index in [1.807, 2.05) is 24.3 Å². The molecule has 0 bridgehead atoms. The van der Waals surface area contributed by atoms with E-state index in [0.717, 1.165) is 5.56 Å². The van der Waals surface area contributed by atoms with Gasteiger partial charge in [0.05, 0.1) is 36.6 Å². The van der Waals surface area contributed by atoms with Gasteiger partial charge >= 0.3 is 5.97 Å². The molecule has 192 valence electrons. The molecule has 0 fully saturated rings. The van der Waals surface area contributed by atoms with Crippen molar-refractivity contribution in [1.29, 1.82) is 0 Å². The fraction of sp³-hybridized carbons (Fsp3) is 0.250. The number of fused-ring (bicyclic) bond motifs is 1. The number of thiazole rings is 1. The van der Waals surface area contributed by atoms with E-state index in [-0.39, 0.29) is 17.7 Å². The number of ether oxygens (including phenoxy) is 4. The van der Waals surface area contributed by atoms with Gasteiger partial charge in [-0.15, -0.1) is 0 Å². The molecule has 1 aromatic heterocycles. The van der Waals surface area contributed by atoms with Crippen molar-refractivity contribution >= 4 is 23.4 Å². The van der Waals surface area contributed by atoms with E-state index < -0.39 is 12.0 Å². The highest BCUT2D eigenvalue weighted by atomic mass is 32.1. The number of rotatable bonds is 9. The first-order chi connectivity index (χ1) is 17.9. The molecule has 3 aromatic rings. The molecule has 0 saturated carbocycles. The van der Waals surface area contributed by atoms with Gasteiger partial charge in [0.2, 0.25) is 0 Å². The molecule has 2 aromatic carbocycles. The second-order valence-corrected chi connectivity index (χ2v) is 9.06. The minimum atomic E-state index is -0.800. The zero-order valence-corrected chi connectivity index (χ0v) is 22.0.